The van der Waals surface area contributed by atoms with Crippen molar-refractivity contribution in [1.29, 1.82) is 0 Å². The van der Waals surface area contributed by atoms with Crippen LogP contribution < -0.4 is 10.6 Å². The number of carbonyl (C=O) groups excluding carboxylic acids is 2. The number of benzene rings is 1. The Labute approximate surface area is 112 Å². The maximum absolute atomic E-state index is 12.6. The molecule has 0 aliphatic heterocycles. The Balaban J connectivity index is 2.52. The van der Waals surface area contributed by atoms with E-state index < -0.39 is 24.9 Å². The molecule has 0 aromatic heterocycles. The fourth-order valence-corrected chi connectivity index (χ4v) is 1.24. The van der Waals surface area contributed by atoms with Crippen LogP contribution in [0.1, 0.15) is 17.3 Å². The number of alkyl halides is 4. The van der Waals surface area contributed by atoms with Crippen LogP contribution in [-0.4, -0.2) is 30.7 Å². The topological polar surface area (TPSA) is 58.2 Å². The SMILES string of the molecule is CC(=O)c1ccc(NC(=O)NCC(F)(F)C(F)F)cc1. The van der Waals surface area contributed by atoms with Crippen LogP contribution in [-0.2, 0) is 0 Å². The second kappa shape index (κ2) is 6.36. The minimum atomic E-state index is -4.28. The van der Waals surface area contributed by atoms with E-state index in [2.05, 4.69) is 5.32 Å². The first-order valence-electron chi connectivity index (χ1n) is 5.54. The van der Waals surface area contributed by atoms with Crippen molar-refractivity contribution in [3.05, 3.63) is 29.8 Å². The van der Waals surface area contributed by atoms with Gasteiger partial charge in [0, 0.05) is 11.3 Å². The monoisotopic (exact) mass is 292 g/mol. The van der Waals surface area contributed by atoms with E-state index in [-0.39, 0.29) is 11.5 Å². The summed E-state index contributed by atoms with van der Waals surface area (Å²) in [5.74, 6) is -4.45. The highest BCUT2D eigenvalue weighted by molar-refractivity contribution is 5.95. The first-order chi connectivity index (χ1) is 9.22. The van der Waals surface area contributed by atoms with Gasteiger partial charge in [0.2, 0.25) is 0 Å². The van der Waals surface area contributed by atoms with E-state index in [1.54, 1.807) is 5.32 Å². The highest BCUT2D eigenvalue weighted by Crippen LogP contribution is 2.21. The molecule has 0 heterocycles. The third-order valence-corrected chi connectivity index (χ3v) is 2.35. The lowest BCUT2D eigenvalue weighted by molar-refractivity contribution is -0.123. The maximum atomic E-state index is 12.6. The molecule has 2 N–H and O–H groups in total. The molecule has 0 spiro atoms. The Morgan fingerprint density at radius 1 is 1.20 bits per heavy atom. The van der Waals surface area contributed by atoms with Crippen molar-refractivity contribution in [2.24, 2.45) is 0 Å². The average Bonchev–Trinajstić information content (AvgIpc) is 2.37. The zero-order valence-electron chi connectivity index (χ0n) is 10.4. The number of nitrogens with one attached hydrogen (secondary N) is 2. The van der Waals surface area contributed by atoms with E-state index in [4.69, 9.17) is 0 Å². The van der Waals surface area contributed by atoms with E-state index in [1.807, 2.05) is 0 Å². The normalized spacial score (nSPS) is 11.3. The van der Waals surface area contributed by atoms with Crippen LogP contribution in [0, 0.1) is 0 Å². The highest BCUT2D eigenvalue weighted by Gasteiger charge is 2.40. The minimum Gasteiger partial charge on any atom is -0.332 e. The van der Waals surface area contributed by atoms with Crippen LogP contribution in [0.25, 0.3) is 0 Å². The second-order valence-electron chi connectivity index (χ2n) is 4.00. The number of hydrogen-bond acceptors (Lipinski definition) is 2. The number of amides is 2. The molecule has 0 aliphatic carbocycles. The standard InChI is InChI=1S/C12H12F4N2O2/c1-7(19)8-2-4-9(5-3-8)18-11(20)17-6-12(15,16)10(13)14/h2-5,10H,6H2,1H3,(H2,17,18,20). The molecular weight excluding hydrogens is 280 g/mol. The summed E-state index contributed by atoms with van der Waals surface area (Å²) in [6.07, 6.45) is -3.85. The summed E-state index contributed by atoms with van der Waals surface area (Å²) in [5, 5.41) is 3.82. The summed E-state index contributed by atoms with van der Waals surface area (Å²) < 4.78 is 48.8. The molecule has 2 amide bonds. The first kappa shape index (κ1) is 15.9. The van der Waals surface area contributed by atoms with Crippen molar-refractivity contribution >= 4 is 17.5 Å². The predicted molar refractivity (Wildman–Crippen MR) is 64.4 cm³/mol. The molecule has 0 bridgehead atoms. The molecule has 0 saturated heterocycles. The molecule has 0 atom stereocenters. The lowest BCUT2D eigenvalue weighted by Crippen LogP contribution is -2.42. The van der Waals surface area contributed by atoms with Gasteiger partial charge < -0.3 is 10.6 Å². The van der Waals surface area contributed by atoms with E-state index in [9.17, 15) is 27.2 Å². The second-order valence-corrected chi connectivity index (χ2v) is 4.00. The molecule has 110 valence electrons. The fraction of sp³-hybridized carbons (Fsp3) is 0.333. The van der Waals surface area contributed by atoms with Gasteiger partial charge in [-0.2, -0.15) is 8.78 Å². The van der Waals surface area contributed by atoms with E-state index in [0.29, 0.717) is 5.56 Å². The van der Waals surface area contributed by atoms with Crippen LogP contribution in [0.5, 0.6) is 0 Å². The molecule has 0 unspecified atom stereocenters. The third-order valence-electron chi connectivity index (χ3n) is 2.35. The van der Waals surface area contributed by atoms with Crippen LogP contribution in [0.4, 0.5) is 28.0 Å². The van der Waals surface area contributed by atoms with Gasteiger partial charge in [0.25, 0.3) is 0 Å². The van der Waals surface area contributed by atoms with Crippen LogP contribution >= 0.6 is 0 Å². The summed E-state index contributed by atoms with van der Waals surface area (Å²) in [6, 6.07) is 4.61. The number of urea groups is 1. The van der Waals surface area contributed by atoms with Crippen molar-refractivity contribution in [2.45, 2.75) is 19.3 Å². The number of rotatable bonds is 5. The molecular formula is C12H12F4N2O2. The van der Waals surface area contributed by atoms with Crippen molar-refractivity contribution in [3.63, 3.8) is 0 Å². The van der Waals surface area contributed by atoms with Gasteiger partial charge in [-0.25, -0.2) is 13.6 Å². The Morgan fingerprint density at radius 2 is 1.75 bits per heavy atom. The quantitative estimate of drug-likeness (QED) is 0.647. The lowest BCUT2D eigenvalue weighted by Gasteiger charge is -2.16. The van der Waals surface area contributed by atoms with Gasteiger partial charge in [0.1, 0.15) is 0 Å². The van der Waals surface area contributed by atoms with Crippen LogP contribution in [0.2, 0.25) is 0 Å². The molecule has 0 aliphatic rings. The highest BCUT2D eigenvalue weighted by atomic mass is 19.3. The molecule has 20 heavy (non-hydrogen) atoms. The molecule has 1 aromatic carbocycles. The van der Waals surface area contributed by atoms with Gasteiger partial charge in [-0.1, -0.05) is 0 Å². The summed E-state index contributed by atoms with van der Waals surface area (Å²) >= 11 is 0. The number of ketones is 1. The Bertz CT molecular complexity index is 489. The molecule has 8 heteroatoms. The molecule has 0 saturated carbocycles. The molecule has 1 rings (SSSR count). The molecule has 0 radical (unpaired) electrons. The molecule has 1 aromatic rings. The summed E-state index contributed by atoms with van der Waals surface area (Å²) in [6.45, 7) is -0.108. The predicted octanol–water partition coefficient (Wildman–Crippen LogP) is 2.91. The van der Waals surface area contributed by atoms with Crippen molar-refractivity contribution in [1.82, 2.24) is 5.32 Å². The summed E-state index contributed by atoms with van der Waals surface area (Å²) in [4.78, 5) is 22.2. The van der Waals surface area contributed by atoms with Crippen LogP contribution in [0.3, 0.4) is 0 Å². The van der Waals surface area contributed by atoms with Crippen LogP contribution in [0.15, 0.2) is 24.3 Å². The van der Waals surface area contributed by atoms with E-state index in [0.717, 1.165) is 0 Å². The number of hydrogen-bond donors (Lipinski definition) is 2. The van der Waals surface area contributed by atoms with Crippen molar-refractivity contribution in [2.75, 3.05) is 11.9 Å². The number of halogens is 4. The van der Waals surface area contributed by atoms with Gasteiger partial charge in [-0.3, -0.25) is 4.79 Å². The summed E-state index contributed by atoms with van der Waals surface area (Å²) in [7, 11) is 0. The fourth-order valence-electron chi connectivity index (χ4n) is 1.24. The van der Waals surface area contributed by atoms with E-state index >= 15 is 0 Å². The van der Waals surface area contributed by atoms with Gasteiger partial charge in [-0.15, -0.1) is 0 Å². The van der Waals surface area contributed by atoms with Gasteiger partial charge >= 0.3 is 18.4 Å². The van der Waals surface area contributed by atoms with Crippen molar-refractivity contribution < 1.29 is 27.2 Å². The number of carbonyl (C=O) groups is 2. The van der Waals surface area contributed by atoms with E-state index in [1.165, 1.54) is 31.2 Å². The average molecular weight is 292 g/mol. The number of Topliss-reactive ketones (excluding diaryl/α,β-unsaturated/α-hetero) is 1. The Hall–Kier alpha value is -2.12. The van der Waals surface area contributed by atoms with Gasteiger partial charge in [0.15, 0.2) is 5.78 Å². The Kier molecular flexibility index (Phi) is 5.06. The zero-order valence-corrected chi connectivity index (χ0v) is 10.4. The Morgan fingerprint density at radius 3 is 2.20 bits per heavy atom. The maximum Gasteiger partial charge on any atom is 0.324 e. The van der Waals surface area contributed by atoms with Gasteiger partial charge in [0.05, 0.1) is 6.54 Å². The van der Waals surface area contributed by atoms with Gasteiger partial charge in [-0.05, 0) is 31.2 Å². The minimum absolute atomic E-state index is 0.169. The first-order valence-corrected chi connectivity index (χ1v) is 5.54. The third kappa shape index (κ3) is 4.52. The largest absolute Gasteiger partial charge is 0.332 e. The molecule has 4 nitrogen and oxygen atoms in total. The summed E-state index contributed by atoms with van der Waals surface area (Å²) in [5.41, 5.74) is 0.660. The number of anilines is 1. The smallest absolute Gasteiger partial charge is 0.324 e. The molecule has 0 fully saturated rings. The zero-order chi connectivity index (χ0) is 15.3. The lowest BCUT2D eigenvalue weighted by atomic mass is 10.1. The van der Waals surface area contributed by atoms with Crippen molar-refractivity contribution in [3.8, 4) is 0 Å².